The topological polar surface area (TPSA) is 123 Å². The highest BCUT2D eigenvalue weighted by Gasteiger charge is 2.29. The molecule has 1 unspecified atom stereocenters. The van der Waals surface area contributed by atoms with E-state index in [1.165, 1.54) is 10.9 Å². The van der Waals surface area contributed by atoms with Gasteiger partial charge in [0.2, 0.25) is 0 Å². The Labute approximate surface area is 196 Å². The van der Waals surface area contributed by atoms with E-state index in [2.05, 4.69) is 27.9 Å². The number of fused-ring (bicyclic) bond motifs is 3. The van der Waals surface area contributed by atoms with E-state index in [0.717, 1.165) is 22.3 Å². The zero-order valence-electron chi connectivity index (χ0n) is 18.9. The van der Waals surface area contributed by atoms with Crippen LogP contribution < -0.4 is 10.6 Å². The van der Waals surface area contributed by atoms with E-state index in [0.29, 0.717) is 6.42 Å². The molecule has 9 nitrogen and oxygen atoms in total. The quantitative estimate of drug-likeness (QED) is 0.468. The summed E-state index contributed by atoms with van der Waals surface area (Å²) in [6.07, 6.45) is 1.03. The van der Waals surface area contributed by atoms with Gasteiger partial charge < -0.3 is 15.2 Å². The van der Waals surface area contributed by atoms with Crippen LogP contribution >= 0.6 is 0 Å². The highest BCUT2D eigenvalue weighted by atomic mass is 16.5. The molecule has 9 heteroatoms. The third-order valence-electron chi connectivity index (χ3n) is 5.87. The van der Waals surface area contributed by atoms with E-state index < -0.39 is 24.0 Å². The summed E-state index contributed by atoms with van der Waals surface area (Å²) in [6.45, 7) is 1.92. The Morgan fingerprint density at radius 3 is 2.29 bits per heavy atom. The molecular weight excluding hydrogens is 436 g/mol. The number of anilines is 1. The Kier molecular flexibility index (Phi) is 6.62. The van der Waals surface area contributed by atoms with Gasteiger partial charge in [0, 0.05) is 25.2 Å². The molecule has 2 amide bonds. The number of hydrogen-bond donors (Lipinski definition) is 3. The molecule has 0 spiro atoms. The number of carbonyl (C=O) groups excluding carboxylic acids is 2. The zero-order valence-corrected chi connectivity index (χ0v) is 18.9. The molecule has 4 rings (SSSR count). The van der Waals surface area contributed by atoms with Crippen LogP contribution in [-0.4, -0.2) is 45.5 Å². The normalized spacial score (nSPS) is 13.0. The smallest absolute Gasteiger partial charge is 0.411 e. The maximum absolute atomic E-state index is 12.7. The van der Waals surface area contributed by atoms with Crippen molar-refractivity contribution in [2.75, 3.05) is 11.9 Å². The lowest BCUT2D eigenvalue weighted by Crippen LogP contribution is -2.36. The minimum Gasteiger partial charge on any atom is -0.481 e. The van der Waals surface area contributed by atoms with Gasteiger partial charge in [0.15, 0.2) is 5.69 Å². The molecule has 2 aromatic carbocycles. The van der Waals surface area contributed by atoms with Crippen LogP contribution in [0.4, 0.5) is 10.5 Å². The fourth-order valence-corrected chi connectivity index (χ4v) is 4.25. The maximum Gasteiger partial charge on any atom is 0.411 e. The van der Waals surface area contributed by atoms with Crippen molar-refractivity contribution in [2.24, 2.45) is 7.05 Å². The Balaban J connectivity index is 1.44. The molecule has 0 aliphatic heterocycles. The Morgan fingerprint density at radius 2 is 1.71 bits per heavy atom. The highest BCUT2D eigenvalue weighted by Crippen LogP contribution is 2.44. The van der Waals surface area contributed by atoms with Crippen molar-refractivity contribution < 1.29 is 24.2 Å². The monoisotopic (exact) mass is 462 g/mol. The largest absolute Gasteiger partial charge is 0.481 e. The molecule has 0 fully saturated rings. The lowest BCUT2D eigenvalue weighted by Gasteiger charge is -2.15. The Morgan fingerprint density at radius 1 is 1.09 bits per heavy atom. The van der Waals surface area contributed by atoms with Gasteiger partial charge in [-0.1, -0.05) is 55.5 Å². The summed E-state index contributed by atoms with van der Waals surface area (Å²) in [6, 6.07) is 15.5. The van der Waals surface area contributed by atoms with Crippen molar-refractivity contribution in [3.63, 3.8) is 0 Å². The van der Waals surface area contributed by atoms with E-state index in [-0.39, 0.29) is 30.3 Å². The predicted octanol–water partition coefficient (Wildman–Crippen LogP) is 3.76. The third kappa shape index (κ3) is 4.78. The first-order chi connectivity index (χ1) is 16.4. The molecule has 1 heterocycles. The minimum absolute atomic E-state index is 0.0140. The van der Waals surface area contributed by atoms with E-state index in [4.69, 9.17) is 9.84 Å². The fraction of sp³-hybridized carbons (Fsp3) is 0.280. The number of carbonyl (C=O) groups is 3. The van der Waals surface area contributed by atoms with Gasteiger partial charge in [-0.05, 0) is 28.7 Å². The number of benzene rings is 2. The summed E-state index contributed by atoms with van der Waals surface area (Å²) in [5, 5.41) is 18.4. The molecule has 3 aromatic rings. The van der Waals surface area contributed by atoms with Crippen LogP contribution in [0, 0.1) is 0 Å². The number of nitrogens with one attached hydrogen (secondary N) is 2. The van der Waals surface area contributed by atoms with Gasteiger partial charge in [0.25, 0.3) is 5.91 Å². The van der Waals surface area contributed by atoms with Gasteiger partial charge in [0.05, 0.1) is 12.1 Å². The van der Waals surface area contributed by atoms with Crippen molar-refractivity contribution in [1.29, 1.82) is 0 Å². The molecule has 176 valence electrons. The lowest BCUT2D eigenvalue weighted by molar-refractivity contribution is -0.137. The van der Waals surface area contributed by atoms with Crippen LogP contribution in [0.3, 0.4) is 0 Å². The van der Waals surface area contributed by atoms with Gasteiger partial charge in [-0.25, -0.2) is 4.79 Å². The number of amides is 2. The van der Waals surface area contributed by atoms with Crippen LogP contribution in [0.2, 0.25) is 0 Å². The second-order valence-electron chi connectivity index (χ2n) is 8.19. The first-order valence-corrected chi connectivity index (χ1v) is 11.1. The molecule has 1 aliphatic rings. The number of nitrogens with zero attached hydrogens (tertiary/aromatic N) is 2. The van der Waals surface area contributed by atoms with Crippen molar-refractivity contribution in [1.82, 2.24) is 15.1 Å². The number of ether oxygens (including phenoxy) is 1. The van der Waals surface area contributed by atoms with Crippen LogP contribution in [0.5, 0.6) is 0 Å². The van der Waals surface area contributed by atoms with Crippen LogP contribution in [0.1, 0.15) is 47.3 Å². The molecule has 0 bridgehead atoms. The van der Waals surface area contributed by atoms with Crippen molar-refractivity contribution in [3.8, 4) is 11.1 Å². The number of aliphatic carboxylic acids is 1. The number of hydrogen-bond acceptors (Lipinski definition) is 5. The standard InChI is InChI=1S/C25H26N4O5/c1-3-15(12-22(30)31)26-24(32)23-21(13-29(2)28-23)27-25(33)34-14-20-18-10-6-4-8-16(18)17-9-5-7-11-19(17)20/h4-11,13,15,20H,3,12,14H2,1-2H3,(H,26,32)(H,27,33)(H,30,31). The predicted molar refractivity (Wildman–Crippen MR) is 126 cm³/mol. The van der Waals surface area contributed by atoms with Crippen molar-refractivity contribution >= 4 is 23.7 Å². The van der Waals surface area contributed by atoms with Gasteiger partial charge in [-0.3, -0.25) is 19.6 Å². The summed E-state index contributed by atoms with van der Waals surface area (Å²) in [4.78, 5) is 36.3. The van der Waals surface area contributed by atoms with Gasteiger partial charge in [-0.2, -0.15) is 5.10 Å². The molecule has 1 atom stereocenters. The Hall–Kier alpha value is -4.14. The molecular formula is C25H26N4O5. The first kappa shape index (κ1) is 23.0. The number of aromatic nitrogens is 2. The molecule has 0 radical (unpaired) electrons. The van der Waals surface area contributed by atoms with Crippen LogP contribution in [-0.2, 0) is 16.6 Å². The third-order valence-corrected chi connectivity index (χ3v) is 5.87. The Bertz CT molecular complexity index is 1190. The number of aryl methyl sites for hydroxylation is 1. The summed E-state index contributed by atoms with van der Waals surface area (Å²) in [5.41, 5.74) is 4.63. The summed E-state index contributed by atoms with van der Waals surface area (Å²) in [7, 11) is 1.62. The summed E-state index contributed by atoms with van der Waals surface area (Å²) in [5.74, 6) is -1.66. The fourth-order valence-electron chi connectivity index (χ4n) is 4.25. The van der Waals surface area contributed by atoms with Crippen molar-refractivity contribution in [3.05, 3.63) is 71.5 Å². The van der Waals surface area contributed by atoms with E-state index >= 15 is 0 Å². The van der Waals surface area contributed by atoms with Gasteiger partial charge in [-0.15, -0.1) is 0 Å². The first-order valence-electron chi connectivity index (χ1n) is 11.1. The average molecular weight is 463 g/mol. The maximum atomic E-state index is 12.7. The second kappa shape index (κ2) is 9.78. The number of carboxylic acids is 1. The van der Waals surface area contributed by atoms with E-state index in [9.17, 15) is 14.4 Å². The summed E-state index contributed by atoms with van der Waals surface area (Å²) < 4.78 is 6.94. The average Bonchev–Trinajstić information content (AvgIpc) is 3.34. The number of carboxylic acid groups (broad SMARTS) is 1. The number of rotatable bonds is 8. The molecule has 3 N–H and O–H groups in total. The van der Waals surface area contributed by atoms with Gasteiger partial charge >= 0.3 is 12.1 Å². The van der Waals surface area contributed by atoms with Crippen LogP contribution in [0.25, 0.3) is 11.1 Å². The molecule has 0 saturated heterocycles. The molecule has 34 heavy (non-hydrogen) atoms. The van der Waals surface area contributed by atoms with Crippen LogP contribution in [0.15, 0.2) is 54.7 Å². The molecule has 1 aliphatic carbocycles. The second-order valence-corrected chi connectivity index (χ2v) is 8.19. The summed E-state index contributed by atoms with van der Waals surface area (Å²) >= 11 is 0. The lowest BCUT2D eigenvalue weighted by atomic mass is 9.98. The zero-order chi connectivity index (χ0) is 24.2. The molecule has 1 aromatic heterocycles. The SMILES string of the molecule is CCC(CC(=O)O)NC(=O)c1nn(C)cc1NC(=O)OCC1c2ccccc2-c2ccccc21. The van der Waals surface area contributed by atoms with Crippen molar-refractivity contribution in [2.45, 2.75) is 31.7 Å². The molecule has 0 saturated carbocycles. The van der Waals surface area contributed by atoms with E-state index in [1.807, 2.05) is 36.4 Å². The highest BCUT2D eigenvalue weighted by molar-refractivity contribution is 6.01. The van der Waals surface area contributed by atoms with Gasteiger partial charge in [0.1, 0.15) is 6.61 Å². The van der Waals surface area contributed by atoms with E-state index in [1.54, 1.807) is 14.0 Å². The minimum atomic E-state index is -1.01.